The lowest BCUT2D eigenvalue weighted by molar-refractivity contribution is -0.143. The van der Waals surface area contributed by atoms with E-state index in [2.05, 4.69) is 20.1 Å². The van der Waals surface area contributed by atoms with Crippen molar-refractivity contribution < 1.29 is 4.79 Å². The molecule has 1 aromatic heterocycles. The second kappa shape index (κ2) is 6.70. The molecule has 3 heterocycles. The van der Waals surface area contributed by atoms with Gasteiger partial charge in [-0.25, -0.2) is 9.89 Å². The molecule has 0 unspecified atom stereocenters. The molecule has 7 heteroatoms. The summed E-state index contributed by atoms with van der Waals surface area (Å²) in [5.41, 5.74) is -0.268. The van der Waals surface area contributed by atoms with Crippen LogP contribution in [0.1, 0.15) is 56.7 Å². The number of H-pyrrole nitrogens is 2. The molecule has 3 fully saturated rings. The molecule has 1 amide bonds. The topological polar surface area (TPSA) is 85.1 Å². The van der Waals surface area contributed by atoms with Gasteiger partial charge in [-0.15, -0.1) is 0 Å². The summed E-state index contributed by atoms with van der Waals surface area (Å²) in [6, 6.07) is 0.714. The molecule has 0 radical (unpaired) electrons. The highest BCUT2D eigenvalue weighted by atomic mass is 16.2. The molecule has 1 aromatic rings. The number of hydrogen-bond acceptors (Lipinski definition) is 4. The molecular weight excluding hydrogens is 306 g/mol. The molecule has 0 bridgehead atoms. The second-order valence-corrected chi connectivity index (χ2v) is 7.63. The second-order valence-electron chi connectivity index (χ2n) is 7.63. The number of rotatable bonds is 3. The molecular formula is C17H27N5O2. The van der Waals surface area contributed by atoms with E-state index in [0.29, 0.717) is 24.3 Å². The fourth-order valence-corrected chi connectivity index (χ4v) is 4.55. The van der Waals surface area contributed by atoms with Crippen LogP contribution in [0, 0.1) is 5.92 Å². The molecule has 1 atom stereocenters. The van der Waals surface area contributed by atoms with Crippen molar-refractivity contribution in [2.45, 2.75) is 56.9 Å². The Labute approximate surface area is 141 Å². The van der Waals surface area contributed by atoms with Crippen molar-refractivity contribution in [1.29, 1.82) is 0 Å². The van der Waals surface area contributed by atoms with Gasteiger partial charge in [-0.3, -0.25) is 14.7 Å². The Balaban J connectivity index is 1.31. The first-order valence-corrected chi connectivity index (χ1v) is 9.38. The van der Waals surface area contributed by atoms with Crippen LogP contribution < -0.4 is 5.69 Å². The molecule has 1 aliphatic carbocycles. The zero-order valence-corrected chi connectivity index (χ0v) is 14.2. The number of aromatic nitrogens is 3. The largest absolute Gasteiger partial charge is 0.342 e. The molecule has 1 saturated carbocycles. The number of nitrogens with one attached hydrogen (secondary N) is 2. The van der Waals surface area contributed by atoms with Crippen LogP contribution in [0.3, 0.4) is 0 Å². The SMILES string of the molecule is O=C(C1CN(C2CCCCC2)C1)N1CCC[C@@H](c2n[nH]c(=O)[nH]2)C1. The summed E-state index contributed by atoms with van der Waals surface area (Å²) < 4.78 is 0. The molecule has 132 valence electrons. The van der Waals surface area contributed by atoms with Gasteiger partial charge >= 0.3 is 5.69 Å². The Morgan fingerprint density at radius 3 is 2.54 bits per heavy atom. The van der Waals surface area contributed by atoms with Gasteiger partial charge in [0, 0.05) is 38.1 Å². The maximum absolute atomic E-state index is 12.8. The summed E-state index contributed by atoms with van der Waals surface area (Å²) >= 11 is 0. The van der Waals surface area contributed by atoms with Crippen LogP contribution in [0.25, 0.3) is 0 Å². The molecule has 2 aliphatic heterocycles. The van der Waals surface area contributed by atoms with E-state index in [4.69, 9.17) is 0 Å². The Morgan fingerprint density at radius 1 is 1.04 bits per heavy atom. The maximum Gasteiger partial charge on any atom is 0.340 e. The standard InChI is InChI=1S/C17H27N5O2/c23-16(13-10-22(11-13)14-6-2-1-3-7-14)21-8-4-5-12(9-21)15-18-17(24)20-19-15/h12-14H,1-11H2,(H2,18,19,20,24)/t12-/m1/s1. The van der Waals surface area contributed by atoms with Gasteiger partial charge in [0.2, 0.25) is 5.91 Å². The summed E-state index contributed by atoms with van der Waals surface area (Å²) in [6.45, 7) is 3.39. The highest BCUT2D eigenvalue weighted by Crippen LogP contribution is 2.31. The smallest absolute Gasteiger partial charge is 0.340 e. The van der Waals surface area contributed by atoms with Crippen LogP contribution in [0.4, 0.5) is 0 Å². The zero-order chi connectivity index (χ0) is 16.5. The van der Waals surface area contributed by atoms with E-state index in [1.165, 1.54) is 32.1 Å². The molecule has 7 nitrogen and oxygen atoms in total. The van der Waals surface area contributed by atoms with Gasteiger partial charge < -0.3 is 4.90 Å². The maximum atomic E-state index is 12.8. The summed E-state index contributed by atoms with van der Waals surface area (Å²) in [7, 11) is 0. The average Bonchev–Trinajstić information content (AvgIpc) is 3.01. The predicted octanol–water partition coefficient (Wildman–Crippen LogP) is 1.07. The Morgan fingerprint density at radius 2 is 1.83 bits per heavy atom. The summed E-state index contributed by atoms with van der Waals surface area (Å²) in [6.07, 6.45) is 8.62. The van der Waals surface area contributed by atoms with Gasteiger partial charge in [0.1, 0.15) is 5.82 Å². The zero-order valence-electron chi connectivity index (χ0n) is 14.2. The number of hydrogen-bond donors (Lipinski definition) is 2. The minimum absolute atomic E-state index is 0.149. The van der Waals surface area contributed by atoms with E-state index in [9.17, 15) is 9.59 Å². The van der Waals surface area contributed by atoms with Gasteiger partial charge in [0.15, 0.2) is 0 Å². The van der Waals surface area contributed by atoms with Crippen LogP contribution in [0.5, 0.6) is 0 Å². The lowest BCUT2D eigenvalue weighted by Gasteiger charge is -2.47. The third kappa shape index (κ3) is 3.14. The van der Waals surface area contributed by atoms with Crippen molar-refractivity contribution in [3.63, 3.8) is 0 Å². The Kier molecular flexibility index (Phi) is 4.43. The number of nitrogens with zero attached hydrogens (tertiary/aromatic N) is 3. The van der Waals surface area contributed by atoms with Gasteiger partial charge in [-0.1, -0.05) is 19.3 Å². The molecule has 2 N–H and O–H groups in total. The van der Waals surface area contributed by atoms with Crippen LogP contribution in [-0.4, -0.2) is 63.1 Å². The van der Waals surface area contributed by atoms with Crippen molar-refractivity contribution in [2.75, 3.05) is 26.2 Å². The van der Waals surface area contributed by atoms with Gasteiger partial charge in [0.25, 0.3) is 0 Å². The van der Waals surface area contributed by atoms with E-state index in [-0.39, 0.29) is 17.5 Å². The number of aromatic amines is 2. The fraction of sp³-hybridized carbons (Fsp3) is 0.824. The first kappa shape index (κ1) is 15.9. The van der Waals surface area contributed by atoms with Crippen molar-refractivity contribution in [3.8, 4) is 0 Å². The quantitative estimate of drug-likeness (QED) is 0.866. The van der Waals surface area contributed by atoms with Crippen LogP contribution in [0.15, 0.2) is 4.79 Å². The van der Waals surface area contributed by atoms with Gasteiger partial charge in [-0.2, -0.15) is 5.10 Å². The lowest BCUT2D eigenvalue weighted by Crippen LogP contribution is -2.58. The number of carbonyl (C=O) groups is 1. The Bertz CT molecular complexity index is 627. The monoisotopic (exact) mass is 333 g/mol. The summed E-state index contributed by atoms with van der Waals surface area (Å²) in [5, 5.41) is 6.47. The normalized spacial score (nSPS) is 27.2. The first-order chi connectivity index (χ1) is 11.7. The van der Waals surface area contributed by atoms with Crippen LogP contribution in [0.2, 0.25) is 0 Å². The average molecular weight is 333 g/mol. The number of carbonyl (C=O) groups excluding carboxylic acids is 1. The van der Waals surface area contributed by atoms with E-state index < -0.39 is 0 Å². The van der Waals surface area contributed by atoms with E-state index in [0.717, 1.165) is 32.5 Å². The molecule has 0 aromatic carbocycles. The molecule has 24 heavy (non-hydrogen) atoms. The minimum Gasteiger partial charge on any atom is -0.342 e. The summed E-state index contributed by atoms with van der Waals surface area (Å²) in [5.74, 6) is 1.31. The highest BCUT2D eigenvalue weighted by molar-refractivity contribution is 5.80. The van der Waals surface area contributed by atoms with Crippen molar-refractivity contribution in [3.05, 3.63) is 16.3 Å². The number of piperidine rings is 1. The number of amides is 1. The lowest BCUT2D eigenvalue weighted by atomic mass is 9.88. The van der Waals surface area contributed by atoms with Gasteiger partial charge in [-0.05, 0) is 25.7 Å². The number of likely N-dealkylation sites (tertiary alicyclic amines) is 2. The van der Waals surface area contributed by atoms with Gasteiger partial charge in [0.05, 0.1) is 5.92 Å². The van der Waals surface area contributed by atoms with Crippen LogP contribution in [-0.2, 0) is 4.79 Å². The summed E-state index contributed by atoms with van der Waals surface area (Å²) in [4.78, 5) is 31.3. The van der Waals surface area contributed by atoms with Crippen molar-refractivity contribution in [2.24, 2.45) is 5.92 Å². The third-order valence-corrected chi connectivity index (χ3v) is 5.99. The predicted molar refractivity (Wildman–Crippen MR) is 89.7 cm³/mol. The first-order valence-electron chi connectivity index (χ1n) is 9.38. The molecule has 3 aliphatic rings. The van der Waals surface area contributed by atoms with Crippen molar-refractivity contribution in [1.82, 2.24) is 25.0 Å². The van der Waals surface area contributed by atoms with Crippen molar-refractivity contribution >= 4 is 5.91 Å². The minimum atomic E-state index is -0.268. The van der Waals surface area contributed by atoms with Crippen LogP contribution >= 0.6 is 0 Å². The fourth-order valence-electron chi connectivity index (χ4n) is 4.55. The third-order valence-electron chi connectivity index (χ3n) is 5.99. The van der Waals surface area contributed by atoms with E-state index >= 15 is 0 Å². The van der Waals surface area contributed by atoms with E-state index in [1.54, 1.807) is 0 Å². The molecule has 2 saturated heterocycles. The molecule has 0 spiro atoms. The van der Waals surface area contributed by atoms with E-state index in [1.807, 2.05) is 4.90 Å². The Hall–Kier alpha value is -1.63. The highest BCUT2D eigenvalue weighted by Gasteiger charge is 2.40. The molecule has 4 rings (SSSR count).